The number of nitrogens with one attached hydrogen (secondary N) is 1. The molecule has 0 saturated heterocycles. The van der Waals surface area contributed by atoms with Crippen LogP contribution in [0.5, 0.6) is 17.2 Å². The lowest BCUT2D eigenvalue weighted by atomic mass is 10.2. The third kappa shape index (κ3) is 4.95. The summed E-state index contributed by atoms with van der Waals surface area (Å²) in [6.45, 7) is 0.459. The van der Waals surface area contributed by atoms with Crippen molar-refractivity contribution in [2.75, 3.05) is 26.6 Å². The van der Waals surface area contributed by atoms with Crippen molar-refractivity contribution < 1.29 is 19.0 Å². The second kappa shape index (κ2) is 9.86. The molecule has 8 heteroatoms. The predicted octanol–water partition coefficient (Wildman–Crippen LogP) is 4.27. The molecule has 168 valence electrons. The summed E-state index contributed by atoms with van der Waals surface area (Å²) >= 11 is 0. The van der Waals surface area contributed by atoms with Crippen molar-refractivity contribution >= 4 is 11.9 Å². The van der Waals surface area contributed by atoms with Gasteiger partial charge in [0.25, 0.3) is 5.91 Å². The van der Waals surface area contributed by atoms with E-state index in [0.29, 0.717) is 29.6 Å². The normalized spacial score (nSPS) is 10.5. The third-order valence-electron chi connectivity index (χ3n) is 5.09. The van der Waals surface area contributed by atoms with Gasteiger partial charge in [-0.2, -0.15) is 9.67 Å². The molecule has 3 aromatic carbocycles. The second-order valence-corrected chi connectivity index (χ2v) is 7.13. The molecule has 0 unspecified atom stereocenters. The summed E-state index contributed by atoms with van der Waals surface area (Å²) < 4.78 is 16.9. The molecule has 0 radical (unpaired) electrons. The van der Waals surface area contributed by atoms with Gasteiger partial charge in [-0.3, -0.25) is 4.79 Å². The standard InChI is InChI=1S/C25H24N4O4/c1-31-20-10-4-17(5-11-20)16-26-25-27-23(18-6-12-21(32-2)13-7-18)28-29(25)24(30)19-8-14-22(33-3)15-9-19/h4-15H,16H2,1-3H3,(H,26,27,28). The first-order chi connectivity index (χ1) is 16.1. The van der Waals surface area contributed by atoms with Crippen LogP contribution in [-0.4, -0.2) is 42.0 Å². The molecule has 0 aliphatic heterocycles. The molecular formula is C25H24N4O4. The molecule has 0 aliphatic rings. The van der Waals surface area contributed by atoms with E-state index in [0.717, 1.165) is 22.6 Å². The van der Waals surface area contributed by atoms with Crippen LogP contribution in [-0.2, 0) is 6.54 Å². The molecule has 0 spiro atoms. The molecule has 1 aromatic heterocycles. The van der Waals surface area contributed by atoms with E-state index in [1.54, 1.807) is 45.6 Å². The van der Waals surface area contributed by atoms with Crippen molar-refractivity contribution in [3.8, 4) is 28.6 Å². The fraction of sp³-hybridized carbons (Fsp3) is 0.160. The van der Waals surface area contributed by atoms with Crippen LogP contribution in [0.4, 0.5) is 5.95 Å². The van der Waals surface area contributed by atoms with Gasteiger partial charge in [0.15, 0.2) is 5.82 Å². The molecule has 0 bridgehead atoms. The first kappa shape index (κ1) is 21.9. The summed E-state index contributed by atoms with van der Waals surface area (Å²) in [6.07, 6.45) is 0. The van der Waals surface area contributed by atoms with Crippen LogP contribution in [0.3, 0.4) is 0 Å². The van der Waals surface area contributed by atoms with Gasteiger partial charge in [0.2, 0.25) is 5.95 Å². The van der Waals surface area contributed by atoms with Crippen molar-refractivity contribution in [1.82, 2.24) is 14.8 Å². The molecule has 33 heavy (non-hydrogen) atoms. The van der Waals surface area contributed by atoms with Crippen molar-refractivity contribution in [3.05, 3.63) is 83.9 Å². The molecule has 0 aliphatic carbocycles. The Morgan fingerprint density at radius 2 is 1.30 bits per heavy atom. The molecular weight excluding hydrogens is 420 g/mol. The quantitative estimate of drug-likeness (QED) is 0.434. The third-order valence-corrected chi connectivity index (χ3v) is 5.09. The van der Waals surface area contributed by atoms with Crippen LogP contribution in [0.25, 0.3) is 11.4 Å². The number of hydrogen-bond acceptors (Lipinski definition) is 7. The number of ether oxygens (including phenoxy) is 3. The van der Waals surface area contributed by atoms with E-state index in [1.807, 2.05) is 48.5 Å². The predicted molar refractivity (Wildman–Crippen MR) is 125 cm³/mol. The van der Waals surface area contributed by atoms with E-state index in [2.05, 4.69) is 15.4 Å². The molecule has 0 saturated carbocycles. The molecule has 4 aromatic rings. The summed E-state index contributed by atoms with van der Waals surface area (Å²) in [5.41, 5.74) is 2.24. The van der Waals surface area contributed by atoms with Gasteiger partial charge in [-0.25, -0.2) is 0 Å². The Balaban J connectivity index is 1.65. The van der Waals surface area contributed by atoms with Crippen molar-refractivity contribution in [1.29, 1.82) is 0 Å². The van der Waals surface area contributed by atoms with Crippen LogP contribution >= 0.6 is 0 Å². The largest absolute Gasteiger partial charge is 0.497 e. The lowest BCUT2D eigenvalue weighted by Gasteiger charge is -2.08. The molecule has 0 fully saturated rings. The van der Waals surface area contributed by atoms with Crippen LogP contribution < -0.4 is 19.5 Å². The van der Waals surface area contributed by atoms with Gasteiger partial charge in [0, 0.05) is 17.7 Å². The van der Waals surface area contributed by atoms with Gasteiger partial charge in [-0.05, 0) is 66.2 Å². The fourth-order valence-electron chi connectivity index (χ4n) is 3.21. The number of rotatable bonds is 8. The summed E-state index contributed by atoms with van der Waals surface area (Å²) in [7, 11) is 4.81. The number of anilines is 1. The fourth-order valence-corrected chi connectivity index (χ4v) is 3.21. The summed E-state index contributed by atoms with van der Waals surface area (Å²) in [6, 6.07) is 21.9. The summed E-state index contributed by atoms with van der Waals surface area (Å²) in [4.78, 5) is 17.8. The first-order valence-corrected chi connectivity index (χ1v) is 10.3. The van der Waals surface area contributed by atoms with E-state index in [4.69, 9.17) is 14.2 Å². The van der Waals surface area contributed by atoms with E-state index < -0.39 is 0 Å². The topological polar surface area (TPSA) is 87.5 Å². The molecule has 1 N–H and O–H groups in total. The van der Waals surface area contributed by atoms with E-state index in [-0.39, 0.29) is 5.91 Å². The highest BCUT2D eigenvalue weighted by Gasteiger charge is 2.19. The average Bonchev–Trinajstić information content (AvgIpc) is 3.31. The average molecular weight is 444 g/mol. The van der Waals surface area contributed by atoms with E-state index in [1.165, 1.54) is 4.68 Å². The number of methoxy groups -OCH3 is 3. The lowest BCUT2D eigenvalue weighted by molar-refractivity contribution is 0.0947. The van der Waals surface area contributed by atoms with Gasteiger partial charge in [0.05, 0.1) is 21.3 Å². The van der Waals surface area contributed by atoms with Gasteiger partial charge in [-0.15, -0.1) is 5.10 Å². The molecule has 8 nitrogen and oxygen atoms in total. The van der Waals surface area contributed by atoms with Crippen LogP contribution in [0.1, 0.15) is 15.9 Å². The molecule has 0 amide bonds. The minimum atomic E-state index is -0.304. The SMILES string of the molecule is COc1ccc(CNc2nc(-c3ccc(OC)cc3)nn2C(=O)c2ccc(OC)cc2)cc1. The first-order valence-electron chi connectivity index (χ1n) is 10.3. The minimum absolute atomic E-state index is 0.304. The van der Waals surface area contributed by atoms with Gasteiger partial charge in [-0.1, -0.05) is 12.1 Å². The van der Waals surface area contributed by atoms with Gasteiger partial charge >= 0.3 is 0 Å². The Kier molecular flexibility index (Phi) is 6.54. The van der Waals surface area contributed by atoms with E-state index >= 15 is 0 Å². The zero-order chi connectivity index (χ0) is 23.2. The maximum Gasteiger partial charge on any atom is 0.281 e. The maximum atomic E-state index is 13.2. The minimum Gasteiger partial charge on any atom is -0.497 e. The maximum absolute atomic E-state index is 13.2. The summed E-state index contributed by atoms with van der Waals surface area (Å²) in [5.74, 6) is 2.64. The number of carbonyl (C=O) groups is 1. The zero-order valence-electron chi connectivity index (χ0n) is 18.6. The Hall–Kier alpha value is -4.33. The Bertz CT molecular complexity index is 1220. The molecule has 1 heterocycles. The van der Waals surface area contributed by atoms with Crippen LogP contribution in [0.2, 0.25) is 0 Å². The van der Waals surface area contributed by atoms with Crippen LogP contribution in [0.15, 0.2) is 72.8 Å². The second-order valence-electron chi connectivity index (χ2n) is 7.13. The number of benzene rings is 3. The Morgan fingerprint density at radius 3 is 1.85 bits per heavy atom. The number of carbonyl (C=O) groups excluding carboxylic acids is 1. The van der Waals surface area contributed by atoms with Crippen LogP contribution in [0, 0.1) is 0 Å². The highest BCUT2D eigenvalue weighted by molar-refractivity contribution is 5.97. The zero-order valence-corrected chi connectivity index (χ0v) is 18.6. The lowest BCUT2D eigenvalue weighted by Crippen LogP contribution is -2.17. The monoisotopic (exact) mass is 444 g/mol. The summed E-state index contributed by atoms with van der Waals surface area (Å²) in [5, 5.41) is 7.73. The van der Waals surface area contributed by atoms with Gasteiger partial charge < -0.3 is 19.5 Å². The highest BCUT2D eigenvalue weighted by atomic mass is 16.5. The highest BCUT2D eigenvalue weighted by Crippen LogP contribution is 2.23. The number of hydrogen-bond donors (Lipinski definition) is 1. The van der Waals surface area contributed by atoms with Gasteiger partial charge in [0.1, 0.15) is 17.2 Å². The van der Waals surface area contributed by atoms with E-state index in [9.17, 15) is 4.79 Å². The molecule has 4 rings (SSSR count). The smallest absolute Gasteiger partial charge is 0.281 e. The Morgan fingerprint density at radius 1 is 0.788 bits per heavy atom. The van der Waals surface area contributed by atoms with Crippen molar-refractivity contribution in [3.63, 3.8) is 0 Å². The van der Waals surface area contributed by atoms with Crippen molar-refractivity contribution in [2.24, 2.45) is 0 Å². The van der Waals surface area contributed by atoms with Crippen molar-refractivity contribution in [2.45, 2.75) is 6.54 Å². The number of aromatic nitrogens is 3. The number of nitrogens with zero attached hydrogens (tertiary/aromatic N) is 3. The molecule has 0 atom stereocenters. The Labute approximate surface area is 191 Å².